The average molecular weight is 511 g/mol. The highest BCUT2D eigenvalue weighted by atomic mass is 19.1. The van der Waals surface area contributed by atoms with Crippen molar-refractivity contribution in [3.8, 4) is 5.75 Å². The summed E-state index contributed by atoms with van der Waals surface area (Å²) in [6, 6.07) is 3.30. The van der Waals surface area contributed by atoms with Gasteiger partial charge in [0.25, 0.3) is 5.91 Å². The monoisotopic (exact) mass is 511 g/mol. The maximum atomic E-state index is 13.8. The molecule has 0 saturated heterocycles. The molecule has 3 N–H and O–H groups in total. The number of rotatable bonds is 11. The van der Waals surface area contributed by atoms with Gasteiger partial charge in [-0.2, -0.15) is 0 Å². The summed E-state index contributed by atoms with van der Waals surface area (Å²) in [4.78, 5) is 53.9. The third kappa shape index (κ3) is 6.98. The Hall–Kier alpha value is -4.59. The molecule has 11 heteroatoms. The third-order valence-electron chi connectivity index (χ3n) is 5.29. The summed E-state index contributed by atoms with van der Waals surface area (Å²) in [6.07, 6.45) is 2.42. The zero-order valence-corrected chi connectivity index (χ0v) is 19.9. The number of nitrogens with one attached hydrogen (secondary N) is 2. The fourth-order valence-corrected chi connectivity index (χ4v) is 3.37. The number of ether oxygens (including phenoxy) is 1. The predicted octanol–water partition coefficient (Wildman–Crippen LogP) is 0.607. The van der Waals surface area contributed by atoms with Gasteiger partial charge in [0.05, 0.1) is 17.0 Å². The number of hydrogen-bond acceptors (Lipinski definition) is 6. The van der Waals surface area contributed by atoms with Gasteiger partial charge >= 0.3 is 5.97 Å². The number of fused-ring (bicyclic) bond motifs is 1. The van der Waals surface area contributed by atoms with E-state index in [1.54, 1.807) is 32.1 Å². The molecule has 1 aromatic carbocycles. The lowest BCUT2D eigenvalue weighted by Gasteiger charge is -2.24. The lowest BCUT2D eigenvalue weighted by atomic mass is 10.0. The molecule has 2 amide bonds. The zero-order valence-electron chi connectivity index (χ0n) is 19.9. The van der Waals surface area contributed by atoms with E-state index in [0.29, 0.717) is 10.6 Å². The number of para-hydroxylation sites is 1. The summed E-state index contributed by atoms with van der Waals surface area (Å²) in [5, 5.41) is 15.2. The van der Waals surface area contributed by atoms with Crippen molar-refractivity contribution in [1.29, 1.82) is 0 Å². The maximum Gasteiger partial charge on any atom is 0.305 e. The van der Waals surface area contributed by atoms with Gasteiger partial charge in [-0.25, -0.2) is 13.8 Å². The summed E-state index contributed by atoms with van der Waals surface area (Å²) in [5.41, 5.74) is 5.66. The second-order valence-corrected chi connectivity index (χ2v) is 8.39. The molecule has 3 rings (SSSR count). The lowest BCUT2D eigenvalue weighted by Crippen LogP contribution is -2.54. The van der Waals surface area contributed by atoms with Crippen LogP contribution in [0.3, 0.4) is 0 Å². The Morgan fingerprint density at radius 3 is 2.43 bits per heavy atom. The van der Waals surface area contributed by atoms with E-state index in [1.165, 1.54) is 6.07 Å². The topological polar surface area (TPSA) is 135 Å². The molecule has 0 radical (unpaired) electrons. The van der Waals surface area contributed by atoms with Crippen LogP contribution >= 0.6 is 0 Å². The highest BCUT2D eigenvalue weighted by molar-refractivity contribution is 5.98. The molecule has 0 aliphatic heterocycles. The minimum atomic E-state index is -1.58. The van der Waals surface area contributed by atoms with Gasteiger partial charge in [0, 0.05) is 0 Å². The number of nitrogens with zero attached hydrogens (tertiary/aromatic N) is 1. The van der Waals surface area contributed by atoms with Gasteiger partial charge in [-0.15, -0.1) is 0 Å². The van der Waals surface area contributed by atoms with E-state index >= 15 is 0 Å². The summed E-state index contributed by atoms with van der Waals surface area (Å²) >= 11 is 0. The number of benzene rings is 1. The highest BCUT2D eigenvalue weighted by Gasteiger charge is 2.31. The number of allylic oxidation sites excluding steroid dienone is 1. The summed E-state index contributed by atoms with van der Waals surface area (Å²) < 4.78 is 32.5. The number of carboxylic acid groups (broad SMARTS) is 1. The maximum absolute atomic E-state index is 13.8. The molecule has 1 aliphatic rings. The van der Waals surface area contributed by atoms with E-state index in [1.807, 2.05) is 0 Å². The quantitative estimate of drug-likeness (QED) is 0.376. The molecule has 2 atom stereocenters. The van der Waals surface area contributed by atoms with Crippen LogP contribution in [0.1, 0.15) is 30.8 Å². The van der Waals surface area contributed by atoms with Crippen molar-refractivity contribution in [2.24, 2.45) is 5.92 Å². The molecule has 0 bridgehead atoms. The average Bonchev–Trinajstić information content (AvgIpc) is 2.85. The van der Waals surface area contributed by atoms with Crippen molar-refractivity contribution in [1.82, 2.24) is 15.6 Å². The van der Waals surface area contributed by atoms with Crippen molar-refractivity contribution in [2.75, 3.05) is 6.61 Å². The first-order chi connectivity index (χ1) is 17.6. The number of carboxylic acids is 1. The van der Waals surface area contributed by atoms with Crippen LogP contribution in [-0.4, -0.2) is 52.3 Å². The van der Waals surface area contributed by atoms with Crippen LogP contribution in [0.25, 0.3) is 11.8 Å². The Balaban J connectivity index is 1.72. The second kappa shape index (κ2) is 11.9. The van der Waals surface area contributed by atoms with Crippen molar-refractivity contribution in [3.63, 3.8) is 0 Å². The van der Waals surface area contributed by atoms with Gasteiger partial charge in [0.2, 0.25) is 5.91 Å². The normalized spacial score (nSPS) is 13.0. The Kier molecular flexibility index (Phi) is 8.68. The molecule has 0 saturated carbocycles. The Labute approximate surface area is 209 Å². The van der Waals surface area contributed by atoms with E-state index < -0.39 is 72.0 Å². The van der Waals surface area contributed by atoms with E-state index in [9.17, 15) is 33.1 Å². The summed E-state index contributed by atoms with van der Waals surface area (Å²) in [5.74, 6) is -7.20. The molecule has 1 heterocycles. The number of carbonyl (C=O) groups is 4. The Morgan fingerprint density at radius 1 is 1.08 bits per heavy atom. The number of aromatic nitrogens is 1. The van der Waals surface area contributed by atoms with Crippen molar-refractivity contribution >= 4 is 35.4 Å². The molecule has 1 aromatic heterocycles. The van der Waals surface area contributed by atoms with Crippen LogP contribution in [0.15, 0.2) is 42.1 Å². The number of Topliss-reactive ketones (excluding diaryl/α,β-unsaturated/α-hetero) is 1. The minimum Gasteiger partial charge on any atom is -0.481 e. The van der Waals surface area contributed by atoms with Crippen molar-refractivity contribution in [3.05, 3.63) is 70.0 Å². The van der Waals surface area contributed by atoms with E-state index in [4.69, 9.17) is 4.74 Å². The number of aliphatic carboxylic acids is 1. The SMILES string of the molecule is CC(C)C(NC(=O)c1ccc2c(n1)=CC=C=C=2)C(=O)NC(CC(=O)O)C(=O)COc1c(F)cccc1F. The van der Waals surface area contributed by atoms with Gasteiger partial charge < -0.3 is 20.5 Å². The van der Waals surface area contributed by atoms with Crippen LogP contribution in [0.5, 0.6) is 5.75 Å². The standard InChI is InChI=1S/C26H23F2N3O6/c1-14(2)23(31-25(35)19-11-10-15-6-3-4-9-18(15)29-19)26(36)30-20(12-22(33)34)21(32)13-37-24-16(27)7-5-8-17(24)28/h4-5,7-11,14,20,23H,12-13H2,1-2H3,(H,30,36)(H,31,35)(H,33,34). The molecular formula is C26H23F2N3O6. The molecule has 192 valence electrons. The van der Waals surface area contributed by atoms with Gasteiger partial charge in [0.1, 0.15) is 24.4 Å². The first-order valence-corrected chi connectivity index (χ1v) is 11.2. The first kappa shape index (κ1) is 27.0. The molecule has 0 spiro atoms. The largest absolute Gasteiger partial charge is 0.481 e. The van der Waals surface area contributed by atoms with Crippen LogP contribution in [0.4, 0.5) is 8.78 Å². The molecular weight excluding hydrogens is 488 g/mol. The molecule has 0 fully saturated rings. The highest BCUT2D eigenvalue weighted by Crippen LogP contribution is 2.20. The molecule has 37 heavy (non-hydrogen) atoms. The molecule has 9 nitrogen and oxygen atoms in total. The van der Waals surface area contributed by atoms with E-state index in [-0.39, 0.29) is 5.69 Å². The number of ketones is 1. The van der Waals surface area contributed by atoms with E-state index in [2.05, 4.69) is 27.1 Å². The minimum absolute atomic E-state index is 0.0315. The molecule has 2 aromatic rings. The summed E-state index contributed by atoms with van der Waals surface area (Å²) in [6.45, 7) is 2.38. The van der Waals surface area contributed by atoms with Gasteiger partial charge in [-0.3, -0.25) is 19.2 Å². The number of amides is 2. The second-order valence-electron chi connectivity index (χ2n) is 8.39. The number of carbonyl (C=O) groups excluding carboxylic acids is 3. The van der Waals surface area contributed by atoms with Gasteiger partial charge in [-0.05, 0) is 42.3 Å². The third-order valence-corrected chi connectivity index (χ3v) is 5.29. The lowest BCUT2D eigenvalue weighted by molar-refractivity contribution is -0.140. The number of hydrogen-bond donors (Lipinski definition) is 3. The molecule has 2 unspecified atom stereocenters. The van der Waals surface area contributed by atoms with Gasteiger partial charge in [-0.1, -0.05) is 31.4 Å². The van der Waals surface area contributed by atoms with Crippen LogP contribution in [-0.2, 0) is 14.4 Å². The van der Waals surface area contributed by atoms with Crippen LogP contribution in [0, 0.1) is 17.6 Å². The summed E-state index contributed by atoms with van der Waals surface area (Å²) in [7, 11) is 0. The molecule has 1 aliphatic carbocycles. The van der Waals surface area contributed by atoms with Gasteiger partial charge in [0.15, 0.2) is 23.2 Å². The number of halogens is 2. The zero-order chi connectivity index (χ0) is 27.1. The Bertz CT molecular complexity index is 1420. The fourth-order valence-electron chi connectivity index (χ4n) is 3.37. The number of pyridine rings is 1. The van der Waals surface area contributed by atoms with Crippen LogP contribution < -0.4 is 25.9 Å². The predicted molar refractivity (Wildman–Crippen MR) is 127 cm³/mol. The Morgan fingerprint density at radius 2 is 1.78 bits per heavy atom. The fraction of sp³-hybridized carbons (Fsp3) is 0.269. The van der Waals surface area contributed by atoms with Crippen molar-refractivity contribution in [2.45, 2.75) is 32.4 Å². The first-order valence-electron chi connectivity index (χ1n) is 11.2. The smallest absolute Gasteiger partial charge is 0.305 e. The van der Waals surface area contributed by atoms with Crippen molar-refractivity contribution < 1.29 is 37.8 Å². The van der Waals surface area contributed by atoms with E-state index in [0.717, 1.165) is 18.2 Å². The van der Waals surface area contributed by atoms with Crippen LogP contribution in [0.2, 0.25) is 0 Å².